The molecule has 0 spiro atoms. The van der Waals surface area contributed by atoms with Crippen molar-refractivity contribution in [1.29, 1.82) is 0 Å². The fourth-order valence-corrected chi connectivity index (χ4v) is 3.11. The molecule has 6 nitrogen and oxygen atoms in total. The van der Waals surface area contributed by atoms with Crippen molar-refractivity contribution in [3.63, 3.8) is 0 Å². The highest BCUT2D eigenvalue weighted by atomic mass is 35.5. The van der Waals surface area contributed by atoms with Crippen molar-refractivity contribution in [1.82, 2.24) is 9.97 Å². The number of hydrogen-bond donors (Lipinski definition) is 2. The summed E-state index contributed by atoms with van der Waals surface area (Å²) in [5, 5.41) is 6.42. The van der Waals surface area contributed by atoms with E-state index in [9.17, 15) is 4.79 Å². The van der Waals surface area contributed by atoms with Crippen molar-refractivity contribution < 1.29 is 9.53 Å². The van der Waals surface area contributed by atoms with Crippen molar-refractivity contribution in [2.24, 2.45) is 0 Å². The summed E-state index contributed by atoms with van der Waals surface area (Å²) in [5.74, 6) is 0.753. The largest absolute Gasteiger partial charge is 0.492 e. The van der Waals surface area contributed by atoms with Gasteiger partial charge < -0.3 is 15.4 Å². The third-order valence-corrected chi connectivity index (χ3v) is 4.32. The van der Waals surface area contributed by atoms with Gasteiger partial charge in [0.15, 0.2) is 0 Å². The summed E-state index contributed by atoms with van der Waals surface area (Å²) >= 11 is 6.25. The Bertz CT molecular complexity index is 967. The Morgan fingerprint density at radius 3 is 2.54 bits per heavy atom. The molecule has 144 valence electrons. The number of ether oxygens (including phenoxy) is 1. The van der Waals surface area contributed by atoms with Crippen molar-refractivity contribution in [3.8, 4) is 5.75 Å². The lowest BCUT2D eigenvalue weighted by molar-refractivity contribution is 0.102. The van der Waals surface area contributed by atoms with Crippen LogP contribution in [0.5, 0.6) is 5.75 Å². The number of nitrogens with one attached hydrogen (secondary N) is 2. The number of amides is 1. The molecular weight excluding hydrogens is 376 g/mol. The minimum absolute atomic E-state index is 0.324. The van der Waals surface area contributed by atoms with Gasteiger partial charge in [0.05, 0.1) is 28.6 Å². The normalized spacial score (nSPS) is 10.4. The molecule has 0 aliphatic carbocycles. The first-order valence-electron chi connectivity index (χ1n) is 8.87. The number of benzene rings is 2. The van der Waals surface area contributed by atoms with Crippen molar-refractivity contribution in [2.75, 3.05) is 17.2 Å². The summed E-state index contributed by atoms with van der Waals surface area (Å²) in [4.78, 5) is 21.0. The summed E-state index contributed by atoms with van der Waals surface area (Å²) in [6, 6.07) is 11.3. The standard InChI is InChI=1S/C21H21ClN4O2/c1-4-28-18-8-6-5-7-17(18)25-21-23-11-15(12-24-21)20(27)26-19-14(3)9-13(2)10-16(19)22/h5-12H,4H2,1-3H3,(H,26,27)(H,23,24,25). The number of para-hydroxylation sites is 2. The lowest BCUT2D eigenvalue weighted by Crippen LogP contribution is -2.14. The molecule has 3 rings (SSSR count). The SMILES string of the molecule is CCOc1ccccc1Nc1ncc(C(=O)Nc2c(C)cc(C)cc2Cl)cn1. The summed E-state index contributed by atoms with van der Waals surface area (Å²) in [6.07, 6.45) is 2.93. The van der Waals surface area contributed by atoms with Crippen LogP contribution in [0.2, 0.25) is 5.02 Å². The molecule has 7 heteroatoms. The second-order valence-electron chi connectivity index (χ2n) is 6.24. The van der Waals surface area contributed by atoms with Gasteiger partial charge in [-0.1, -0.05) is 29.8 Å². The molecule has 1 amide bonds. The van der Waals surface area contributed by atoms with Gasteiger partial charge in [-0.3, -0.25) is 4.79 Å². The average Bonchev–Trinajstić information content (AvgIpc) is 2.67. The van der Waals surface area contributed by atoms with Gasteiger partial charge in [-0.2, -0.15) is 0 Å². The number of carbonyl (C=O) groups excluding carboxylic acids is 1. The summed E-state index contributed by atoms with van der Waals surface area (Å²) < 4.78 is 5.57. The fraction of sp³-hybridized carbons (Fsp3) is 0.190. The van der Waals surface area contributed by atoms with Crippen LogP contribution >= 0.6 is 11.6 Å². The Kier molecular flexibility index (Phi) is 6.11. The maximum absolute atomic E-state index is 12.5. The minimum Gasteiger partial charge on any atom is -0.492 e. The maximum Gasteiger partial charge on any atom is 0.258 e. The number of anilines is 3. The number of halogens is 1. The molecule has 0 aliphatic rings. The van der Waals surface area contributed by atoms with Crippen LogP contribution in [0.3, 0.4) is 0 Å². The van der Waals surface area contributed by atoms with Crippen LogP contribution in [0.1, 0.15) is 28.4 Å². The number of hydrogen-bond acceptors (Lipinski definition) is 5. The summed E-state index contributed by atoms with van der Waals surface area (Å²) in [7, 11) is 0. The van der Waals surface area contributed by atoms with Gasteiger partial charge >= 0.3 is 0 Å². The third kappa shape index (κ3) is 4.58. The highest BCUT2D eigenvalue weighted by molar-refractivity contribution is 6.34. The highest BCUT2D eigenvalue weighted by Crippen LogP contribution is 2.28. The topological polar surface area (TPSA) is 76.1 Å². The third-order valence-electron chi connectivity index (χ3n) is 4.02. The van der Waals surface area contributed by atoms with Crippen LogP contribution in [0, 0.1) is 13.8 Å². The van der Waals surface area contributed by atoms with E-state index in [-0.39, 0.29) is 5.91 Å². The Morgan fingerprint density at radius 1 is 1.14 bits per heavy atom. The zero-order valence-electron chi connectivity index (χ0n) is 15.9. The second kappa shape index (κ2) is 8.71. The van der Waals surface area contributed by atoms with E-state index >= 15 is 0 Å². The van der Waals surface area contributed by atoms with E-state index in [2.05, 4.69) is 20.6 Å². The lowest BCUT2D eigenvalue weighted by atomic mass is 10.1. The molecule has 0 atom stereocenters. The second-order valence-corrected chi connectivity index (χ2v) is 6.65. The van der Waals surface area contributed by atoms with E-state index in [1.54, 1.807) is 0 Å². The number of rotatable bonds is 6. The molecule has 2 N–H and O–H groups in total. The van der Waals surface area contributed by atoms with Gasteiger partial charge in [0.2, 0.25) is 5.95 Å². The Morgan fingerprint density at radius 2 is 1.86 bits per heavy atom. The van der Waals surface area contributed by atoms with E-state index < -0.39 is 0 Å². The molecule has 3 aromatic rings. The zero-order valence-corrected chi connectivity index (χ0v) is 16.7. The molecular formula is C21H21ClN4O2. The molecule has 0 unspecified atom stereocenters. The van der Waals surface area contributed by atoms with Crippen molar-refractivity contribution >= 4 is 34.8 Å². The van der Waals surface area contributed by atoms with Crippen LogP contribution in [0.15, 0.2) is 48.8 Å². The number of aromatic nitrogens is 2. The van der Waals surface area contributed by atoms with Crippen LogP contribution in [0.4, 0.5) is 17.3 Å². The first-order chi connectivity index (χ1) is 13.5. The van der Waals surface area contributed by atoms with E-state index in [0.29, 0.717) is 34.6 Å². The number of nitrogens with zero attached hydrogens (tertiary/aromatic N) is 2. The predicted octanol–water partition coefficient (Wildman–Crippen LogP) is 5.14. The van der Waals surface area contributed by atoms with Gasteiger partial charge in [-0.05, 0) is 50.1 Å². The first-order valence-corrected chi connectivity index (χ1v) is 9.24. The maximum atomic E-state index is 12.5. The molecule has 28 heavy (non-hydrogen) atoms. The number of carbonyl (C=O) groups is 1. The molecule has 0 aliphatic heterocycles. The van der Waals surface area contributed by atoms with E-state index in [4.69, 9.17) is 16.3 Å². The Hall–Kier alpha value is -3.12. The van der Waals surface area contributed by atoms with Gasteiger partial charge in [-0.25, -0.2) is 9.97 Å². The quantitative estimate of drug-likeness (QED) is 0.603. The van der Waals surface area contributed by atoms with Gasteiger partial charge in [0.25, 0.3) is 5.91 Å². The molecule has 1 heterocycles. The van der Waals surface area contributed by atoms with Crippen LogP contribution in [-0.2, 0) is 0 Å². The fourth-order valence-electron chi connectivity index (χ4n) is 2.74. The molecule has 0 radical (unpaired) electrons. The van der Waals surface area contributed by atoms with Crippen molar-refractivity contribution in [3.05, 3.63) is 70.5 Å². The Balaban J connectivity index is 1.73. The zero-order chi connectivity index (χ0) is 20.1. The number of aryl methyl sites for hydroxylation is 2. The minimum atomic E-state index is -0.324. The van der Waals surface area contributed by atoms with Gasteiger partial charge in [0.1, 0.15) is 5.75 Å². The highest BCUT2D eigenvalue weighted by Gasteiger charge is 2.13. The predicted molar refractivity (Wildman–Crippen MR) is 112 cm³/mol. The smallest absolute Gasteiger partial charge is 0.258 e. The van der Waals surface area contributed by atoms with Crippen molar-refractivity contribution in [2.45, 2.75) is 20.8 Å². The first kappa shape index (κ1) is 19.6. The van der Waals surface area contributed by atoms with Crippen LogP contribution in [-0.4, -0.2) is 22.5 Å². The molecule has 0 fully saturated rings. The average molecular weight is 397 g/mol. The summed E-state index contributed by atoms with van der Waals surface area (Å²) in [5.41, 5.74) is 3.60. The van der Waals surface area contributed by atoms with E-state index in [1.165, 1.54) is 12.4 Å². The molecule has 2 aromatic carbocycles. The van der Waals surface area contributed by atoms with Gasteiger partial charge in [0, 0.05) is 12.4 Å². The van der Waals surface area contributed by atoms with E-state index in [0.717, 1.165) is 16.8 Å². The summed E-state index contributed by atoms with van der Waals surface area (Å²) in [6.45, 7) is 6.32. The van der Waals surface area contributed by atoms with E-state index in [1.807, 2.05) is 57.2 Å². The molecule has 0 saturated carbocycles. The molecule has 1 aromatic heterocycles. The Labute approximate surface area is 168 Å². The monoisotopic (exact) mass is 396 g/mol. The molecule has 0 saturated heterocycles. The lowest BCUT2D eigenvalue weighted by Gasteiger charge is -2.12. The van der Waals surface area contributed by atoms with Gasteiger partial charge in [-0.15, -0.1) is 0 Å². The van der Waals surface area contributed by atoms with Crippen LogP contribution < -0.4 is 15.4 Å². The van der Waals surface area contributed by atoms with Crippen LogP contribution in [0.25, 0.3) is 0 Å². The molecule has 0 bridgehead atoms.